The minimum atomic E-state index is 0.203. The van der Waals surface area contributed by atoms with Crippen LogP contribution in [0.3, 0.4) is 0 Å². The molecule has 0 aromatic heterocycles. The lowest BCUT2D eigenvalue weighted by atomic mass is 10.0. The van der Waals surface area contributed by atoms with E-state index >= 15 is 0 Å². The van der Waals surface area contributed by atoms with Gasteiger partial charge >= 0.3 is 0 Å². The van der Waals surface area contributed by atoms with E-state index in [9.17, 15) is 4.79 Å². The van der Waals surface area contributed by atoms with Gasteiger partial charge in [-0.25, -0.2) is 0 Å². The van der Waals surface area contributed by atoms with Crippen LogP contribution in [0.4, 0.5) is 0 Å². The van der Waals surface area contributed by atoms with Gasteiger partial charge in [0.15, 0.2) is 0 Å². The van der Waals surface area contributed by atoms with Crippen LogP contribution < -0.4 is 5.32 Å². The molecule has 0 spiro atoms. The fraction of sp³-hybridized carbons (Fsp3) is 0.632. The van der Waals surface area contributed by atoms with Crippen LogP contribution in [-0.4, -0.2) is 41.7 Å². The number of carbonyl (C=O) groups excluding carboxylic acids is 1. The summed E-state index contributed by atoms with van der Waals surface area (Å²) < 4.78 is 0. The molecule has 3 rings (SSSR count). The molecular formula is C19H28N2OS. The van der Waals surface area contributed by atoms with Crippen molar-refractivity contribution < 1.29 is 4.79 Å². The first-order valence-electron chi connectivity index (χ1n) is 8.92. The Hall–Kier alpha value is -1.00. The number of nitrogens with zero attached hydrogens (tertiary/aromatic N) is 1. The second-order valence-electron chi connectivity index (χ2n) is 7.08. The Balaban J connectivity index is 1.56. The van der Waals surface area contributed by atoms with Crippen LogP contribution in [0.1, 0.15) is 49.9 Å². The summed E-state index contributed by atoms with van der Waals surface area (Å²) >= 11 is 1.78. The molecule has 0 radical (unpaired) electrons. The van der Waals surface area contributed by atoms with Gasteiger partial charge in [-0.05, 0) is 50.3 Å². The third-order valence-corrected chi connectivity index (χ3v) is 5.74. The molecule has 2 aliphatic rings. The summed E-state index contributed by atoms with van der Waals surface area (Å²) in [6.07, 6.45) is 4.96. The molecule has 0 unspecified atom stereocenters. The zero-order valence-electron chi connectivity index (χ0n) is 14.3. The smallest absolute Gasteiger partial charge is 0.254 e. The molecule has 1 saturated carbocycles. The average Bonchev–Trinajstić information content (AvgIpc) is 3.37. The van der Waals surface area contributed by atoms with E-state index in [0.29, 0.717) is 11.3 Å². The van der Waals surface area contributed by atoms with Crippen LogP contribution >= 0.6 is 11.8 Å². The summed E-state index contributed by atoms with van der Waals surface area (Å²) in [5.41, 5.74) is 0.871. The first kappa shape index (κ1) is 16.8. The Morgan fingerprint density at radius 1 is 1.22 bits per heavy atom. The molecule has 1 amide bonds. The lowest BCUT2D eigenvalue weighted by Crippen LogP contribution is -2.45. The van der Waals surface area contributed by atoms with Crippen molar-refractivity contribution in [3.63, 3.8) is 0 Å². The number of hydrogen-bond donors (Lipinski definition) is 1. The fourth-order valence-corrected chi connectivity index (χ4v) is 4.06. The number of rotatable bonds is 6. The van der Waals surface area contributed by atoms with Crippen molar-refractivity contribution in [3.05, 3.63) is 29.8 Å². The highest BCUT2D eigenvalue weighted by atomic mass is 32.2. The van der Waals surface area contributed by atoms with E-state index in [1.807, 2.05) is 23.1 Å². The summed E-state index contributed by atoms with van der Waals surface area (Å²) in [5.74, 6) is 1.13. The molecule has 1 saturated heterocycles. The second kappa shape index (κ2) is 7.71. The van der Waals surface area contributed by atoms with E-state index in [-0.39, 0.29) is 5.91 Å². The molecular weight excluding hydrogens is 304 g/mol. The Labute approximate surface area is 144 Å². The lowest BCUT2D eigenvalue weighted by molar-refractivity contribution is 0.0701. The summed E-state index contributed by atoms with van der Waals surface area (Å²) in [6, 6.07) is 8.64. The molecule has 2 fully saturated rings. The molecule has 1 heterocycles. The Morgan fingerprint density at radius 2 is 1.91 bits per heavy atom. The molecule has 23 heavy (non-hydrogen) atoms. The maximum Gasteiger partial charge on any atom is 0.254 e. The van der Waals surface area contributed by atoms with Gasteiger partial charge in [0.1, 0.15) is 0 Å². The highest BCUT2D eigenvalue weighted by molar-refractivity contribution is 8.00. The van der Waals surface area contributed by atoms with E-state index < -0.39 is 0 Å². The topological polar surface area (TPSA) is 32.3 Å². The average molecular weight is 333 g/mol. The number of hydrogen-bond acceptors (Lipinski definition) is 3. The Morgan fingerprint density at radius 3 is 2.57 bits per heavy atom. The number of benzene rings is 1. The first-order valence-corrected chi connectivity index (χ1v) is 9.80. The second-order valence-corrected chi connectivity index (χ2v) is 8.70. The van der Waals surface area contributed by atoms with E-state index in [2.05, 4.69) is 25.2 Å². The van der Waals surface area contributed by atoms with E-state index in [1.54, 1.807) is 11.8 Å². The van der Waals surface area contributed by atoms with Gasteiger partial charge < -0.3 is 10.2 Å². The number of carbonyl (C=O) groups is 1. The number of piperidine rings is 1. The number of nitrogens with one attached hydrogen (secondary N) is 1. The lowest BCUT2D eigenvalue weighted by Gasteiger charge is -2.33. The predicted molar refractivity (Wildman–Crippen MR) is 97.1 cm³/mol. The highest BCUT2D eigenvalue weighted by Crippen LogP contribution is 2.29. The van der Waals surface area contributed by atoms with Crippen LogP contribution in [0.5, 0.6) is 0 Å². The molecule has 3 nitrogen and oxygen atoms in total. The molecule has 1 N–H and O–H groups in total. The van der Waals surface area contributed by atoms with Gasteiger partial charge in [0.25, 0.3) is 5.91 Å². The van der Waals surface area contributed by atoms with Gasteiger partial charge in [0.2, 0.25) is 0 Å². The summed E-state index contributed by atoms with van der Waals surface area (Å²) in [4.78, 5) is 16.0. The van der Waals surface area contributed by atoms with Crippen molar-refractivity contribution in [3.8, 4) is 0 Å². The monoisotopic (exact) mass is 332 g/mol. The van der Waals surface area contributed by atoms with E-state index in [4.69, 9.17) is 0 Å². The summed E-state index contributed by atoms with van der Waals surface area (Å²) in [5, 5.41) is 4.17. The SMILES string of the molecule is CC(C)Sc1ccccc1C(=O)N1CCC(NCC2CC2)CC1. The maximum atomic E-state index is 12.9. The molecule has 4 heteroatoms. The number of amides is 1. The van der Waals surface area contributed by atoms with Crippen LogP contribution in [-0.2, 0) is 0 Å². The fourth-order valence-electron chi connectivity index (χ4n) is 3.11. The number of thioether (sulfide) groups is 1. The highest BCUT2D eigenvalue weighted by Gasteiger charge is 2.27. The van der Waals surface area contributed by atoms with Gasteiger partial charge in [-0.1, -0.05) is 26.0 Å². The largest absolute Gasteiger partial charge is 0.338 e. The minimum absolute atomic E-state index is 0.203. The summed E-state index contributed by atoms with van der Waals surface area (Å²) in [7, 11) is 0. The van der Waals surface area contributed by atoms with Gasteiger partial charge in [-0.15, -0.1) is 11.8 Å². The predicted octanol–water partition coefficient (Wildman–Crippen LogP) is 3.79. The van der Waals surface area contributed by atoms with Crippen LogP contribution in [0.25, 0.3) is 0 Å². The quantitative estimate of drug-likeness (QED) is 0.805. The molecule has 0 atom stereocenters. The third kappa shape index (κ3) is 4.74. The standard InChI is InChI=1S/C19H28N2OS/c1-14(2)23-18-6-4-3-5-17(18)19(22)21-11-9-16(10-12-21)20-13-15-7-8-15/h3-6,14-16,20H,7-13H2,1-2H3. The van der Waals surface area contributed by atoms with Gasteiger partial charge in [0, 0.05) is 29.3 Å². The molecule has 126 valence electrons. The normalized spacial score (nSPS) is 19.3. The zero-order valence-corrected chi connectivity index (χ0v) is 15.1. The zero-order chi connectivity index (χ0) is 16.2. The van der Waals surface area contributed by atoms with Crippen LogP contribution in [0.15, 0.2) is 29.2 Å². The Kier molecular flexibility index (Phi) is 5.65. The van der Waals surface area contributed by atoms with Gasteiger partial charge in [-0.2, -0.15) is 0 Å². The molecule has 1 aromatic rings. The van der Waals surface area contributed by atoms with Crippen molar-refractivity contribution in [2.75, 3.05) is 19.6 Å². The maximum absolute atomic E-state index is 12.9. The molecule has 1 aliphatic heterocycles. The first-order chi connectivity index (χ1) is 11.1. The van der Waals surface area contributed by atoms with Crippen molar-refractivity contribution >= 4 is 17.7 Å². The Bertz CT molecular complexity index is 534. The number of likely N-dealkylation sites (tertiary alicyclic amines) is 1. The summed E-state index contributed by atoms with van der Waals surface area (Å²) in [6.45, 7) is 7.27. The molecule has 0 bridgehead atoms. The van der Waals surface area contributed by atoms with E-state index in [0.717, 1.165) is 42.3 Å². The molecule has 1 aliphatic carbocycles. The van der Waals surface area contributed by atoms with Crippen LogP contribution in [0, 0.1) is 5.92 Å². The third-order valence-electron chi connectivity index (χ3n) is 4.65. The van der Waals surface area contributed by atoms with Crippen molar-refractivity contribution in [1.82, 2.24) is 10.2 Å². The van der Waals surface area contributed by atoms with E-state index in [1.165, 1.54) is 19.4 Å². The molecule has 1 aromatic carbocycles. The van der Waals surface area contributed by atoms with Crippen molar-refractivity contribution in [2.45, 2.75) is 55.7 Å². The van der Waals surface area contributed by atoms with Crippen LogP contribution in [0.2, 0.25) is 0 Å². The van der Waals surface area contributed by atoms with Gasteiger partial charge in [-0.3, -0.25) is 4.79 Å². The minimum Gasteiger partial charge on any atom is -0.338 e. The van der Waals surface area contributed by atoms with Gasteiger partial charge in [0.05, 0.1) is 5.56 Å². The van der Waals surface area contributed by atoms with Crippen molar-refractivity contribution in [2.24, 2.45) is 5.92 Å². The van der Waals surface area contributed by atoms with Crippen molar-refractivity contribution in [1.29, 1.82) is 0 Å².